The molecule has 3 heterocycles. The second kappa shape index (κ2) is 9.16. The van der Waals surface area contributed by atoms with Gasteiger partial charge in [-0.1, -0.05) is 16.9 Å². The van der Waals surface area contributed by atoms with Gasteiger partial charge < -0.3 is 9.42 Å². The molecule has 0 unspecified atom stereocenters. The minimum atomic E-state index is -0.448. The Kier molecular flexibility index (Phi) is 6.35. The van der Waals surface area contributed by atoms with Gasteiger partial charge in [0, 0.05) is 54.9 Å². The molecular formula is C20H21N5O4S2. The lowest BCUT2D eigenvalue weighted by Gasteiger charge is -2.34. The van der Waals surface area contributed by atoms with Gasteiger partial charge in [0.05, 0.1) is 22.1 Å². The molecule has 11 heteroatoms. The van der Waals surface area contributed by atoms with E-state index in [9.17, 15) is 14.9 Å². The van der Waals surface area contributed by atoms with Crippen molar-refractivity contribution in [1.29, 1.82) is 0 Å². The number of thiazole rings is 1. The van der Waals surface area contributed by atoms with E-state index in [0.29, 0.717) is 43.2 Å². The Morgan fingerprint density at radius 3 is 2.61 bits per heavy atom. The van der Waals surface area contributed by atoms with E-state index in [-0.39, 0.29) is 11.6 Å². The lowest BCUT2D eigenvalue weighted by Crippen LogP contribution is -2.48. The Hall–Kier alpha value is -2.76. The number of piperazine rings is 1. The van der Waals surface area contributed by atoms with Crippen LogP contribution in [0.15, 0.2) is 43.4 Å². The van der Waals surface area contributed by atoms with Crippen LogP contribution >= 0.6 is 23.1 Å². The highest BCUT2D eigenvalue weighted by molar-refractivity contribution is 8.01. The standard InChI is InChI=1S/C20H21N5O4S2/c1-13-9-16(29-22-13)11-23-5-7-24(8-6-23)19(26)15-3-4-18(17(10-15)25(27)28)31-20-21-14(2)12-30-20/h3-4,9-10,12H,5-8,11H2,1-2H3. The molecule has 0 radical (unpaired) electrons. The fourth-order valence-electron chi connectivity index (χ4n) is 3.36. The smallest absolute Gasteiger partial charge is 0.284 e. The van der Waals surface area contributed by atoms with Gasteiger partial charge in [0.25, 0.3) is 11.6 Å². The lowest BCUT2D eigenvalue weighted by atomic mass is 10.1. The van der Waals surface area contributed by atoms with Crippen molar-refractivity contribution >= 4 is 34.7 Å². The molecule has 1 fully saturated rings. The SMILES string of the molecule is Cc1cc(CN2CCN(C(=O)c3ccc(Sc4nc(C)cs4)c([N+](=O)[O-])c3)CC2)on1. The van der Waals surface area contributed by atoms with Crippen LogP contribution in [0, 0.1) is 24.0 Å². The molecule has 31 heavy (non-hydrogen) atoms. The fraction of sp³-hybridized carbons (Fsp3) is 0.350. The van der Waals surface area contributed by atoms with Crippen LogP contribution < -0.4 is 0 Å². The Morgan fingerprint density at radius 1 is 1.23 bits per heavy atom. The summed E-state index contributed by atoms with van der Waals surface area (Å²) >= 11 is 2.68. The molecule has 162 valence electrons. The summed E-state index contributed by atoms with van der Waals surface area (Å²) in [5.41, 5.74) is 1.96. The van der Waals surface area contributed by atoms with Crippen molar-refractivity contribution in [2.24, 2.45) is 0 Å². The maximum Gasteiger partial charge on any atom is 0.284 e. The Balaban J connectivity index is 1.42. The van der Waals surface area contributed by atoms with Crippen molar-refractivity contribution in [3.05, 3.63) is 62.5 Å². The first-order chi connectivity index (χ1) is 14.9. The monoisotopic (exact) mass is 459 g/mol. The van der Waals surface area contributed by atoms with Gasteiger partial charge in [0.2, 0.25) is 0 Å². The highest BCUT2D eigenvalue weighted by Crippen LogP contribution is 2.37. The summed E-state index contributed by atoms with van der Waals surface area (Å²) in [5, 5.41) is 17.4. The average Bonchev–Trinajstić information content (AvgIpc) is 3.35. The van der Waals surface area contributed by atoms with Crippen molar-refractivity contribution < 1.29 is 14.2 Å². The zero-order valence-electron chi connectivity index (χ0n) is 17.1. The van der Waals surface area contributed by atoms with Crippen molar-refractivity contribution in [3.8, 4) is 0 Å². The zero-order valence-corrected chi connectivity index (χ0v) is 18.7. The number of carbonyl (C=O) groups is 1. The average molecular weight is 460 g/mol. The highest BCUT2D eigenvalue weighted by atomic mass is 32.2. The lowest BCUT2D eigenvalue weighted by molar-refractivity contribution is -0.387. The second-order valence-electron chi connectivity index (χ2n) is 7.30. The first-order valence-corrected chi connectivity index (χ1v) is 11.4. The van der Waals surface area contributed by atoms with Crippen molar-refractivity contribution in [3.63, 3.8) is 0 Å². The summed E-state index contributed by atoms with van der Waals surface area (Å²) in [6.07, 6.45) is 0. The summed E-state index contributed by atoms with van der Waals surface area (Å²) in [7, 11) is 0. The molecule has 1 saturated heterocycles. The number of hydrogen-bond donors (Lipinski definition) is 0. The van der Waals surface area contributed by atoms with Crippen LogP contribution in [0.2, 0.25) is 0 Å². The number of hydrogen-bond acceptors (Lipinski definition) is 9. The third-order valence-corrected chi connectivity index (χ3v) is 7.04. The summed E-state index contributed by atoms with van der Waals surface area (Å²) in [5.74, 6) is 0.608. The van der Waals surface area contributed by atoms with Crippen LogP contribution in [-0.2, 0) is 6.54 Å². The molecule has 4 rings (SSSR count). The number of amides is 1. The molecule has 2 aromatic heterocycles. The molecular weight excluding hydrogens is 438 g/mol. The van der Waals surface area contributed by atoms with Gasteiger partial charge in [-0.2, -0.15) is 0 Å². The number of nitrogens with zero attached hydrogens (tertiary/aromatic N) is 5. The zero-order chi connectivity index (χ0) is 22.0. The molecule has 1 amide bonds. The van der Waals surface area contributed by atoms with Crippen LogP contribution in [0.25, 0.3) is 0 Å². The first-order valence-electron chi connectivity index (χ1n) is 9.71. The summed E-state index contributed by atoms with van der Waals surface area (Å²) in [6, 6.07) is 6.56. The van der Waals surface area contributed by atoms with E-state index in [2.05, 4.69) is 15.0 Å². The Morgan fingerprint density at radius 2 is 2.00 bits per heavy atom. The first kappa shape index (κ1) is 21.5. The largest absolute Gasteiger partial charge is 0.360 e. The molecule has 0 bridgehead atoms. The maximum atomic E-state index is 13.0. The van der Waals surface area contributed by atoms with Crippen molar-refractivity contribution in [2.75, 3.05) is 26.2 Å². The molecule has 0 atom stereocenters. The minimum absolute atomic E-state index is 0.0805. The number of aryl methyl sites for hydroxylation is 2. The molecule has 1 aliphatic rings. The summed E-state index contributed by atoms with van der Waals surface area (Å²) < 4.78 is 5.99. The number of nitro benzene ring substituents is 1. The van der Waals surface area contributed by atoms with Gasteiger partial charge in [0.15, 0.2) is 10.1 Å². The van der Waals surface area contributed by atoms with Gasteiger partial charge in [-0.15, -0.1) is 11.3 Å². The van der Waals surface area contributed by atoms with Gasteiger partial charge in [0.1, 0.15) is 0 Å². The van der Waals surface area contributed by atoms with Gasteiger partial charge in [-0.25, -0.2) is 4.98 Å². The number of aromatic nitrogens is 2. The molecule has 9 nitrogen and oxygen atoms in total. The van der Waals surface area contributed by atoms with E-state index in [4.69, 9.17) is 4.52 Å². The van der Waals surface area contributed by atoms with Crippen LogP contribution in [0.1, 0.15) is 27.5 Å². The van der Waals surface area contributed by atoms with Crippen molar-refractivity contribution in [2.45, 2.75) is 29.6 Å². The number of rotatable bonds is 6. The fourth-order valence-corrected chi connectivity index (χ4v) is 5.23. The minimum Gasteiger partial charge on any atom is -0.360 e. The number of benzene rings is 1. The molecule has 1 aromatic carbocycles. The Labute approximate surface area is 187 Å². The van der Waals surface area contributed by atoms with E-state index < -0.39 is 4.92 Å². The quantitative estimate of drug-likeness (QED) is 0.405. The van der Waals surface area contributed by atoms with E-state index >= 15 is 0 Å². The van der Waals surface area contributed by atoms with E-state index in [0.717, 1.165) is 21.5 Å². The molecule has 0 saturated carbocycles. The van der Waals surface area contributed by atoms with E-state index in [1.807, 2.05) is 25.3 Å². The van der Waals surface area contributed by atoms with Gasteiger partial charge >= 0.3 is 0 Å². The van der Waals surface area contributed by atoms with Crippen molar-refractivity contribution in [1.82, 2.24) is 19.9 Å². The summed E-state index contributed by atoms with van der Waals surface area (Å²) in [6.45, 7) is 6.91. The molecule has 0 spiro atoms. The van der Waals surface area contributed by atoms with Crippen LogP contribution in [0.4, 0.5) is 5.69 Å². The van der Waals surface area contributed by atoms with Gasteiger partial charge in [-0.05, 0) is 26.0 Å². The molecule has 3 aromatic rings. The third kappa shape index (κ3) is 5.12. The normalized spacial score (nSPS) is 14.7. The second-order valence-corrected chi connectivity index (χ2v) is 9.45. The topological polar surface area (TPSA) is 106 Å². The van der Waals surface area contributed by atoms with Gasteiger partial charge in [-0.3, -0.25) is 19.8 Å². The van der Waals surface area contributed by atoms with Crippen LogP contribution in [0.3, 0.4) is 0 Å². The predicted octanol–water partition coefficient (Wildman–Crippen LogP) is 3.77. The van der Waals surface area contributed by atoms with Crippen LogP contribution in [-0.4, -0.2) is 56.9 Å². The molecule has 1 aliphatic heterocycles. The number of carbonyl (C=O) groups excluding carboxylic acids is 1. The number of nitro groups is 1. The maximum absolute atomic E-state index is 13.0. The highest BCUT2D eigenvalue weighted by Gasteiger charge is 2.25. The Bertz CT molecular complexity index is 1100. The van der Waals surface area contributed by atoms with E-state index in [1.165, 1.54) is 29.2 Å². The van der Waals surface area contributed by atoms with Crippen LogP contribution in [0.5, 0.6) is 0 Å². The molecule has 0 aliphatic carbocycles. The third-order valence-electron chi connectivity index (χ3n) is 4.91. The van der Waals surface area contributed by atoms with E-state index in [1.54, 1.807) is 17.0 Å². The summed E-state index contributed by atoms with van der Waals surface area (Å²) in [4.78, 5) is 32.9. The predicted molar refractivity (Wildman–Crippen MR) is 116 cm³/mol. The molecule has 0 N–H and O–H groups in total.